The summed E-state index contributed by atoms with van der Waals surface area (Å²) in [6, 6.07) is 8.28. The minimum absolute atomic E-state index is 0.0428. The predicted octanol–water partition coefficient (Wildman–Crippen LogP) is 2.34. The number of hydrogen-bond donors (Lipinski definition) is 1. The third kappa shape index (κ3) is 7.13. The molecule has 0 bridgehead atoms. The van der Waals surface area contributed by atoms with E-state index in [9.17, 15) is 14.7 Å². The second-order valence-electron chi connectivity index (χ2n) is 6.41. The largest absolute Gasteiger partial charge is 0.469 e. The van der Waals surface area contributed by atoms with Gasteiger partial charge in [0.1, 0.15) is 0 Å². The number of nitrogens with zero attached hydrogens (tertiary/aromatic N) is 1. The number of rotatable bonds is 9. The van der Waals surface area contributed by atoms with E-state index in [-0.39, 0.29) is 25.0 Å². The van der Waals surface area contributed by atoms with Crippen LogP contribution >= 0.6 is 0 Å². The second kappa shape index (κ2) is 10.1. The van der Waals surface area contributed by atoms with Crippen molar-refractivity contribution in [1.29, 1.82) is 0 Å². The highest BCUT2D eigenvalue weighted by Crippen LogP contribution is 2.10. The normalized spacial score (nSPS) is 13.2. The SMILES string of the molecule is COC(=O)C(C)CN(CC(C)O)C(=O)CCCc1ccc(C)cc1. The molecule has 2 unspecified atom stereocenters. The topological polar surface area (TPSA) is 66.8 Å². The fourth-order valence-electron chi connectivity index (χ4n) is 2.56. The van der Waals surface area contributed by atoms with Crippen LogP contribution in [0.25, 0.3) is 0 Å². The number of carbonyl (C=O) groups is 2. The van der Waals surface area contributed by atoms with Gasteiger partial charge in [0, 0.05) is 19.5 Å². The van der Waals surface area contributed by atoms with Crippen molar-refractivity contribution < 1.29 is 19.4 Å². The lowest BCUT2D eigenvalue weighted by Gasteiger charge is -2.26. The Morgan fingerprint density at radius 3 is 2.33 bits per heavy atom. The number of ether oxygens (including phenoxy) is 1. The Labute approximate surface area is 144 Å². The molecule has 134 valence electrons. The average molecular weight is 335 g/mol. The predicted molar refractivity (Wildman–Crippen MR) is 93.6 cm³/mol. The van der Waals surface area contributed by atoms with Gasteiger partial charge in [-0.2, -0.15) is 0 Å². The van der Waals surface area contributed by atoms with Gasteiger partial charge in [-0.05, 0) is 32.3 Å². The number of carbonyl (C=O) groups excluding carboxylic acids is 2. The van der Waals surface area contributed by atoms with E-state index in [2.05, 4.69) is 24.3 Å². The fraction of sp³-hybridized carbons (Fsp3) is 0.579. The van der Waals surface area contributed by atoms with Gasteiger partial charge in [0.05, 0.1) is 19.1 Å². The van der Waals surface area contributed by atoms with Crippen LogP contribution in [-0.4, -0.2) is 48.2 Å². The van der Waals surface area contributed by atoms with E-state index >= 15 is 0 Å². The van der Waals surface area contributed by atoms with Gasteiger partial charge in [0.15, 0.2) is 0 Å². The fourth-order valence-corrected chi connectivity index (χ4v) is 2.56. The van der Waals surface area contributed by atoms with Crippen molar-refractivity contribution in [3.63, 3.8) is 0 Å². The molecule has 0 aliphatic heterocycles. The van der Waals surface area contributed by atoms with Gasteiger partial charge in [-0.3, -0.25) is 9.59 Å². The van der Waals surface area contributed by atoms with Crippen molar-refractivity contribution in [1.82, 2.24) is 4.90 Å². The molecule has 0 aromatic heterocycles. The molecule has 1 aromatic carbocycles. The summed E-state index contributed by atoms with van der Waals surface area (Å²) in [6.07, 6.45) is 1.34. The summed E-state index contributed by atoms with van der Waals surface area (Å²) in [6.45, 7) is 5.89. The number of aryl methyl sites for hydroxylation is 2. The van der Waals surface area contributed by atoms with Crippen LogP contribution in [0.15, 0.2) is 24.3 Å². The van der Waals surface area contributed by atoms with E-state index in [0.717, 1.165) is 12.8 Å². The van der Waals surface area contributed by atoms with Crippen molar-refractivity contribution in [2.75, 3.05) is 20.2 Å². The van der Waals surface area contributed by atoms with Gasteiger partial charge in [0.2, 0.25) is 5.91 Å². The van der Waals surface area contributed by atoms with E-state index in [1.807, 2.05) is 6.92 Å². The Morgan fingerprint density at radius 1 is 1.17 bits per heavy atom. The molecule has 5 nitrogen and oxygen atoms in total. The summed E-state index contributed by atoms with van der Waals surface area (Å²) >= 11 is 0. The molecule has 0 heterocycles. The van der Waals surface area contributed by atoms with Crippen molar-refractivity contribution >= 4 is 11.9 Å². The number of benzene rings is 1. The lowest BCUT2D eigenvalue weighted by atomic mass is 10.1. The minimum Gasteiger partial charge on any atom is -0.469 e. The molecule has 0 aliphatic rings. The molecule has 24 heavy (non-hydrogen) atoms. The quantitative estimate of drug-likeness (QED) is 0.704. The standard InChI is InChI=1S/C19H29NO4/c1-14-8-10-17(11-9-14)6-5-7-18(22)20(13-16(3)21)12-15(2)19(23)24-4/h8-11,15-16,21H,5-7,12-13H2,1-4H3. The van der Waals surface area contributed by atoms with Gasteiger partial charge < -0.3 is 14.7 Å². The molecule has 1 N–H and O–H groups in total. The van der Waals surface area contributed by atoms with Crippen molar-refractivity contribution in [2.24, 2.45) is 5.92 Å². The third-order valence-corrected chi connectivity index (χ3v) is 3.91. The Morgan fingerprint density at radius 2 is 1.79 bits per heavy atom. The van der Waals surface area contributed by atoms with E-state index in [0.29, 0.717) is 6.42 Å². The Kier molecular flexibility index (Phi) is 8.47. The lowest BCUT2D eigenvalue weighted by molar-refractivity contribution is -0.146. The molecule has 2 atom stereocenters. The average Bonchev–Trinajstić information content (AvgIpc) is 2.54. The zero-order valence-electron chi connectivity index (χ0n) is 15.1. The van der Waals surface area contributed by atoms with E-state index in [1.54, 1.807) is 18.7 Å². The molecular weight excluding hydrogens is 306 g/mol. The van der Waals surface area contributed by atoms with Crippen molar-refractivity contribution in [3.8, 4) is 0 Å². The molecule has 0 saturated heterocycles. The first-order chi connectivity index (χ1) is 11.3. The first-order valence-corrected chi connectivity index (χ1v) is 8.42. The molecule has 5 heteroatoms. The highest BCUT2D eigenvalue weighted by molar-refractivity contribution is 5.78. The van der Waals surface area contributed by atoms with Crippen LogP contribution in [-0.2, 0) is 20.7 Å². The molecule has 0 aliphatic carbocycles. The van der Waals surface area contributed by atoms with Crippen LogP contribution in [0.2, 0.25) is 0 Å². The van der Waals surface area contributed by atoms with Gasteiger partial charge in [-0.25, -0.2) is 0 Å². The van der Waals surface area contributed by atoms with Crippen LogP contribution in [0.4, 0.5) is 0 Å². The zero-order valence-corrected chi connectivity index (χ0v) is 15.1. The smallest absolute Gasteiger partial charge is 0.310 e. The van der Waals surface area contributed by atoms with Gasteiger partial charge >= 0.3 is 5.97 Å². The van der Waals surface area contributed by atoms with E-state index in [4.69, 9.17) is 4.74 Å². The first kappa shape index (κ1) is 20.2. The third-order valence-electron chi connectivity index (χ3n) is 3.91. The molecule has 1 rings (SSSR count). The summed E-state index contributed by atoms with van der Waals surface area (Å²) in [5.74, 6) is -0.799. The van der Waals surface area contributed by atoms with E-state index < -0.39 is 12.0 Å². The zero-order chi connectivity index (χ0) is 18.1. The van der Waals surface area contributed by atoms with Gasteiger partial charge in [-0.15, -0.1) is 0 Å². The molecule has 1 amide bonds. The molecule has 1 aromatic rings. The maximum absolute atomic E-state index is 12.4. The number of hydrogen-bond acceptors (Lipinski definition) is 4. The van der Waals surface area contributed by atoms with Crippen LogP contribution in [0, 0.1) is 12.8 Å². The molecular formula is C19H29NO4. The number of methoxy groups -OCH3 is 1. The monoisotopic (exact) mass is 335 g/mol. The summed E-state index contributed by atoms with van der Waals surface area (Å²) in [7, 11) is 1.33. The highest BCUT2D eigenvalue weighted by Gasteiger charge is 2.22. The lowest BCUT2D eigenvalue weighted by Crippen LogP contribution is -2.41. The number of esters is 1. The van der Waals surface area contributed by atoms with Crippen LogP contribution in [0.1, 0.15) is 37.8 Å². The first-order valence-electron chi connectivity index (χ1n) is 8.42. The number of aliphatic hydroxyl groups is 1. The Bertz CT molecular complexity index is 525. The number of aliphatic hydroxyl groups excluding tert-OH is 1. The maximum Gasteiger partial charge on any atom is 0.310 e. The van der Waals surface area contributed by atoms with Crippen molar-refractivity contribution in [3.05, 3.63) is 35.4 Å². The van der Waals surface area contributed by atoms with Gasteiger partial charge in [0.25, 0.3) is 0 Å². The van der Waals surface area contributed by atoms with Crippen LogP contribution < -0.4 is 0 Å². The van der Waals surface area contributed by atoms with Crippen LogP contribution in [0.5, 0.6) is 0 Å². The minimum atomic E-state index is -0.629. The van der Waals surface area contributed by atoms with Gasteiger partial charge in [-0.1, -0.05) is 36.8 Å². The Balaban J connectivity index is 2.54. The number of amides is 1. The molecule has 0 fully saturated rings. The molecule has 0 saturated carbocycles. The Hall–Kier alpha value is -1.88. The van der Waals surface area contributed by atoms with Crippen LogP contribution in [0.3, 0.4) is 0 Å². The summed E-state index contributed by atoms with van der Waals surface area (Å²) < 4.78 is 4.71. The second-order valence-corrected chi connectivity index (χ2v) is 6.41. The highest BCUT2D eigenvalue weighted by atomic mass is 16.5. The van der Waals surface area contributed by atoms with E-state index in [1.165, 1.54) is 18.2 Å². The summed E-state index contributed by atoms with van der Waals surface area (Å²) in [4.78, 5) is 25.5. The maximum atomic E-state index is 12.4. The molecule has 0 radical (unpaired) electrons. The summed E-state index contributed by atoms with van der Waals surface area (Å²) in [5, 5.41) is 9.60. The summed E-state index contributed by atoms with van der Waals surface area (Å²) in [5.41, 5.74) is 2.42. The van der Waals surface area contributed by atoms with Crippen molar-refractivity contribution in [2.45, 2.75) is 46.1 Å². The molecule has 0 spiro atoms.